The highest BCUT2D eigenvalue weighted by Gasteiger charge is 2.03. The van der Waals surface area contributed by atoms with E-state index < -0.39 is 0 Å². The second kappa shape index (κ2) is 4.06. The predicted molar refractivity (Wildman–Crippen MR) is 51.4 cm³/mol. The van der Waals surface area contributed by atoms with Crippen LogP contribution in [-0.2, 0) is 6.54 Å². The van der Waals surface area contributed by atoms with Crippen LogP contribution in [0, 0.1) is 0 Å². The minimum Gasteiger partial charge on any atom is -0.472 e. The molecule has 5 nitrogen and oxygen atoms in total. The molecule has 0 radical (unpaired) electrons. The fraction of sp³-hybridized carbons (Fsp3) is 0.333. The van der Waals surface area contributed by atoms with Gasteiger partial charge in [-0.2, -0.15) is 0 Å². The van der Waals surface area contributed by atoms with Gasteiger partial charge in [-0.15, -0.1) is 5.10 Å². The molecule has 74 valence electrons. The van der Waals surface area contributed by atoms with Crippen molar-refractivity contribution in [1.29, 1.82) is 0 Å². The maximum absolute atomic E-state index is 5.40. The van der Waals surface area contributed by atoms with Crippen molar-refractivity contribution in [3.05, 3.63) is 24.8 Å². The maximum atomic E-state index is 5.40. The number of rotatable bonds is 4. The quantitative estimate of drug-likeness (QED) is 0.780. The Labute approximate surface area is 81.5 Å². The Morgan fingerprint density at radius 2 is 2.43 bits per heavy atom. The third-order valence-electron chi connectivity index (χ3n) is 1.95. The number of furan rings is 1. The average Bonchev–Trinajstić information content (AvgIpc) is 2.85. The number of hydrogen-bond acceptors (Lipinski definition) is 4. The molecule has 2 aromatic heterocycles. The topological polar surface area (TPSA) is 69.9 Å². The largest absolute Gasteiger partial charge is 0.472 e. The van der Waals surface area contributed by atoms with E-state index in [9.17, 15) is 0 Å². The smallest absolute Gasteiger partial charge is 0.116 e. The molecule has 0 fully saturated rings. The maximum Gasteiger partial charge on any atom is 0.116 e. The Hall–Kier alpha value is -1.62. The lowest BCUT2D eigenvalue weighted by Crippen LogP contribution is -2.06. The van der Waals surface area contributed by atoms with Gasteiger partial charge in [0.1, 0.15) is 5.69 Å². The van der Waals surface area contributed by atoms with Crippen molar-refractivity contribution >= 4 is 0 Å². The van der Waals surface area contributed by atoms with Crippen LogP contribution < -0.4 is 5.73 Å². The summed E-state index contributed by atoms with van der Waals surface area (Å²) < 4.78 is 6.75. The lowest BCUT2D eigenvalue weighted by molar-refractivity contribution is 0.564. The number of hydrogen-bond donors (Lipinski definition) is 1. The summed E-state index contributed by atoms with van der Waals surface area (Å²) in [6.07, 6.45) is 6.07. The second-order valence-corrected chi connectivity index (χ2v) is 3.02. The van der Waals surface area contributed by atoms with Gasteiger partial charge < -0.3 is 10.2 Å². The fourth-order valence-electron chi connectivity index (χ4n) is 1.20. The normalized spacial score (nSPS) is 10.6. The number of nitrogens with two attached hydrogens (primary N) is 1. The Balaban J connectivity index is 2.10. The summed E-state index contributed by atoms with van der Waals surface area (Å²) in [7, 11) is 0. The molecule has 0 aliphatic rings. The molecule has 0 unspecified atom stereocenters. The van der Waals surface area contributed by atoms with E-state index in [0.29, 0.717) is 6.54 Å². The summed E-state index contributed by atoms with van der Waals surface area (Å²) in [6.45, 7) is 1.47. The Kier molecular flexibility index (Phi) is 2.60. The van der Waals surface area contributed by atoms with Gasteiger partial charge in [-0.1, -0.05) is 5.21 Å². The highest BCUT2D eigenvalue weighted by molar-refractivity contribution is 5.55. The zero-order valence-corrected chi connectivity index (χ0v) is 7.76. The molecule has 0 aliphatic carbocycles. The molecule has 0 saturated carbocycles. The van der Waals surface area contributed by atoms with Gasteiger partial charge in [0.05, 0.1) is 18.7 Å². The van der Waals surface area contributed by atoms with Gasteiger partial charge in [0.2, 0.25) is 0 Å². The van der Waals surface area contributed by atoms with E-state index in [0.717, 1.165) is 24.2 Å². The molecule has 2 heterocycles. The van der Waals surface area contributed by atoms with E-state index in [1.807, 2.05) is 12.3 Å². The number of aromatic nitrogens is 3. The van der Waals surface area contributed by atoms with Crippen molar-refractivity contribution in [3.8, 4) is 11.3 Å². The predicted octanol–water partition coefficient (Wildman–Crippen LogP) is 0.887. The van der Waals surface area contributed by atoms with Gasteiger partial charge in [-0.05, 0) is 19.0 Å². The average molecular weight is 192 g/mol. The van der Waals surface area contributed by atoms with E-state index in [4.69, 9.17) is 10.2 Å². The van der Waals surface area contributed by atoms with Crippen LogP contribution in [0.3, 0.4) is 0 Å². The molecule has 0 bridgehead atoms. The third-order valence-corrected chi connectivity index (χ3v) is 1.95. The van der Waals surface area contributed by atoms with Crippen LogP contribution in [0.2, 0.25) is 0 Å². The summed E-state index contributed by atoms with van der Waals surface area (Å²) in [5.74, 6) is 0. The van der Waals surface area contributed by atoms with Gasteiger partial charge >= 0.3 is 0 Å². The van der Waals surface area contributed by atoms with Crippen molar-refractivity contribution in [3.63, 3.8) is 0 Å². The van der Waals surface area contributed by atoms with E-state index in [1.165, 1.54) is 0 Å². The van der Waals surface area contributed by atoms with E-state index in [2.05, 4.69) is 10.3 Å². The van der Waals surface area contributed by atoms with Crippen LogP contribution in [0.25, 0.3) is 11.3 Å². The number of nitrogens with zero attached hydrogens (tertiary/aromatic N) is 3. The first-order valence-corrected chi connectivity index (χ1v) is 4.53. The van der Waals surface area contributed by atoms with Gasteiger partial charge in [0.15, 0.2) is 0 Å². The third kappa shape index (κ3) is 1.82. The van der Waals surface area contributed by atoms with Crippen molar-refractivity contribution in [1.82, 2.24) is 15.0 Å². The van der Waals surface area contributed by atoms with Gasteiger partial charge in [0, 0.05) is 12.1 Å². The summed E-state index contributed by atoms with van der Waals surface area (Å²) >= 11 is 0. The van der Waals surface area contributed by atoms with Crippen LogP contribution in [0.1, 0.15) is 6.42 Å². The molecule has 5 heteroatoms. The van der Waals surface area contributed by atoms with Crippen LogP contribution in [-0.4, -0.2) is 21.5 Å². The monoisotopic (exact) mass is 192 g/mol. The lowest BCUT2D eigenvalue weighted by atomic mass is 10.3. The van der Waals surface area contributed by atoms with Gasteiger partial charge in [0.25, 0.3) is 0 Å². The molecule has 0 atom stereocenters. The van der Waals surface area contributed by atoms with Gasteiger partial charge in [-0.25, -0.2) is 0 Å². The van der Waals surface area contributed by atoms with E-state index in [1.54, 1.807) is 17.2 Å². The van der Waals surface area contributed by atoms with Crippen molar-refractivity contribution in [2.24, 2.45) is 5.73 Å². The summed E-state index contributed by atoms with van der Waals surface area (Å²) in [6, 6.07) is 1.86. The fourth-order valence-corrected chi connectivity index (χ4v) is 1.20. The SMILES string of the molecule is NCCCn1cc(-c2ccoc2)nn1. The summed E-state index contributed by atoms with van der Waals surface area (Å²) in [4.78, 5) is 0. The molecular weight excluding hydrogens is 180 g/mol. The zero-order valence-electron chi connectivity index (χ0n) is 7.76. The van der Waals surface area contributed by atoms with Crippen LogP contribution in [0.4, 0.5) is 0 Å². The zero-order chi connectivity index (χ0) is 9.80. The second-order valence-electron chi connectivity index (χ2n) is 3.02. The standard InChI is InChI=1S/C9H12N4O/c10-3-1-4-13-6-9(11-12-13)8-2-5-14-7-8/h2,5-7H,1,3-4,10H2. The van der Waals surface area contributed by atoms with E-state index in [-0.39, 0.29) is 0 Å². The van der Waals surface area contributed by atoms with Crippen molar-refractivity contribution < 1.29 is 4.42 Å². The molecule has 0 spiro atoms. The number of aryl methyl sites for hydroxylation is 1. The summed E-state index contributed by atoms with van der Waals surface area (Å²) in [5.41, 5.74) is 7.18. The molecule has 2 rings (SSSR count). The molecule has 0 aliphatic heterocycles. The Bertz CT molecular complexity index is 379. The highest BCUT2D eigenvalue weighted by Crippen LogP contribution is 2.15. The van der Waals surface area contributed by atoms with E-state index >= 15 is 0 Å². The van der Waals surface area contributed by atoms with Crippen LogP contribution in [0.15, 0.2) is 29.2 Å². The lowest BCUT2D eigenvalue weighted by Gasteiger charge is -1.95. The first-order chi connectivity index (χ1) is 6.90. The first kappa shape index (κ1) is 8.96. The van der Waals surface area contributed by atoms with Crippen molar-refractivity contribution in [2.45, 2.75) is 13.0 Å². The first-order valence-electron chi connectivity index (χ1n) is 4.53. The van der Waals surface area contributed by atoms with Crippen LogP contribution in [0.5, 0.6) is 0 Å². The van der Waals surface area contributed by atoms with Gasteiger partial charge in [-0.3, -0.25) is 4.68 Å². The molecule has 2 aromatic rings. The summed E-state index contributed by atoms with van der Waals surface area (Å²) in [5, 5.41) is 8.00. The minimum absolute atomic E-state index is 0.668. The molecule has 2 N–H and O–H groups in total. The molecular formula is C9H12N4O. The molecule has 0 aromatic carbocycles. The highest BCUT2D eigenvalue weighted by atomic mass is 16.3. The molecule has 0 saturated heterocycles. The molecule has 0 amide bonds. The Morgan fingerprint density at radius 3 is 3.14 bits per heavy atom. The van der Waals surface area contributed by atoms with Crippen LogP contribution >= 0.6 is 0 Å². The minimum atomic E-state index is 0.668. The molecule has 14 heavy (non-hydrogen) atoms. The van der Waals surface area contributed by atoms with Crippen molar-refractivity contribution in [2.75, 3.05) is 6.54 Å². The Morgan fingerprint density at radius 1 is 1.50 bits per heavy atom.